The number of likely N-dealkylation sites (tertiary alicyclic amines) is 1. The van der Waals surface area contributed by atoms with E-state index in [1.165, 1.54) is 18.2 Å². The predicted molar refractivity (Wildman–Crippen MR) is 73.8 cm³/mol. The van der Waals surface area contributed by atoms with Crippen molar-refractivity contribution in [3.05, 3.63) is 24.3 Å². The molecule has 0 bridgehead atoms. The summed E-state index contributed by atoms with van der Waals surface area (Å²) >= 11 is 0. The number of rotatable bonds is 4. The maximum atomic E-state index is 12.1. The molecule has 2 amide bonds. The second kappa shape index (κ2) is 6.87. The Labute approximate surface area is 125 Å². The van der Waals surface area contributed by atoms with Gasteiger partial charge in [0.25, 0.3) is 0 Å². The third kappa shape index (κ3) is 4.80. The van der Waals surface area contributed by atoms with Crippen LogP contribution in [0.3, 0.4) is 0 Å². The van der Waals surface area contributed by atoms with E-state index in [2.05, 4.69) is 10.1 Å². The lowest BCUT2D eigenvalue weighted by molar-refractivity contribution is -0.153. The molecule has 2 N–H and O–H groups in total. The van der Waals surface area contributed by atoms with Gasteiger partial charge in [0.1, 0.15) is 5.75 Å². The number of hydrogen-bond donors (Lipinski definition) is 2. The van der Waals surface area contributed by atoms with E-state index in [-0.39, 0.29) is 24.3 Å². The van der Waals surface area contributed by atoms with E-state index in [0.717, 1.165) is 6.42 Å². The van der Waals surface area contributed by atoms with Crippen LogP contribution >= 0.6 is 0 Å². The highest BCUT2D eigenvalue weighted by atomic mass is 19.4. The highest BCUT2D eigenvalue weighted by molar-refractivity contribution is 5.89. The van der Waals surface area contributed by atoms with Gasteiger partial charge in [-0.1, -0.05) is 6.07 Å². The van der Waals surface area contributed by atoms with Crippen molar-refractivity contribution in [2.45, 2.75) is 12.6 Å². The largest absolute Gasteiger partial charge is 0.484 e. The molecule has 8 heteroatoms. The molecule has 122 valence electrons. The van der Waals surface area contributed by atoms with Gasteiger partial charge in [0.2, 0.25) is 0 Å². The van der Waals surface area contributed by atoms with Gasteiger partial charge in [-0.3, -0.25) is 0 Å². The van der Waals surface area contributed by atoms with Gasteiger partial charge in [0.05, 0.1) is 0 Å². The van der Waals surface area contributed by atoms with Crippen LogP contribution in [0.4, 0.5) is 23.7 Å². The molecule has 1 unspecified atom stereocenters. The Kier molecular flexibility index (Phi) is 5.12. The maximum absolute atomic E-state index is 12.1. The van der Waals surface area contributed by atoms with Crippen molar-refractivity contribution < 1.29 is 27.8 Å². The van der Waals surface area contributed by atoms with E-state index >= 15 is 0 Å². The summed E-state index contributed by atoms with van der Waals surface area (Å²) in [5.74, 6) is 0.108. The van der Waals surface area contributed by atoms with Crippen molar-refractivity contribution >= 4 is 11.7 Å². The number of ether oxygens (including phenoxy) is 1. The van der Waals surface area contributed by atoms with Crippen LogP contribution in [-0.4, -0.2) is 48.5 Å². The lowest BCUT2D eigenvalue weighted by atomic mass is 10.1. The zero-order valence-corrected chi connectivity index (χ0v) is 11.8. The van der Waals surface area contributed by atoms with Gasteiger partial charge in [-0.05, 0) is 18.6 Å². The van der Waals surface area contributed by atoms with Crippen molar-refractivity contribution in [2.24, 2.45) is 5.92 Å². The standard InChI is InChI=1S/C14H17F3N2O3/c15-14(16,17)9-22-12-3-1-2-11(6-12)18-13(21)19-5-4-10(7-19)8-20/h1-3,6,10,20H,4-5,7-9H2,(H,18,21). The first-order chi connectivity index (χ1) is 10.4. The quantitative estimate of drug-likeness (QED) is 0.896. The number of aliphatic hydroxyl groups is 1. The minimum absolute atomic E-state index is 0.0322. The lowest BCUT2D eigenvalue weighted by Gasteiger charge is -2.17. The molecule has 0 radical (unpaired) electrons. The number of amides is 2. The molecule has 0 aromatic heterocycles. The van der Waals surface area contributed by atoms with E-state index in [4.69, 9.17) is 5.11 Å². The number of anilines is 1. The first-order valence-electron chi connectivity index (χ1n) is 6.84. The predicted octanol–water partition coefficient (Wildman–Crippen LogP) is 2.47. The second-order valence-electron chi connectivity index (χ2n) is 5.15. The number of carbonyl (C=O) groups is 1. The number of carbonyl (C=O) groups excluding carboxylic acids is 1. The Morgan fingerprint density at radius 1 is 1.45 bits per heavy atom. The highest BCUT2D eigenvalue weighted by Gasteiger charge is 2.28. The lowest BCUT2D eigenvalue weighted by Crippen LogP contribution is -2.33. The van der Waals surface area contributed by atoms with Gasteiger partial charge >= 0.3 is 12.2 Å². The number of halogens is 3. The molecule has 2 rings (SSSR count). The Balaban J connectivity index is 1.91. The summed E-state index contributed by atoms with van der Waals surface area (Å²) in [7, 11) is 0. The third-order valence-electron chi connectivity index (χ3n) is 3.32. The van der Waals surface area contributed by atoms with Crippen molar-refractivity contribution in [1.82, 2.24) is 4.90 Å². The fourth-order valence-corrected chi connectivity index (χ4v) is 2.20. The van der Waals surface area contributed by atoms with Gasteiger partial charge < -0.3 is 20.1 Å². The zero-order chi connectivity index (χ0) is 16.2. The van der Waals surface area contributed by atoms with Crippen LogP contribution in [0.2, 0.25) is 0 Å². The second-order valence-corrected chi connectivity index (χ2v) is 5.15. The Hall–Kier alpha value is -1.96. The molecule has 1 atom stereocenters. The maximum Gasteiger partial charge on any atom is 0.422 e. The molecule has 1 saturated heterocycles. The summed E-state index contributed by atoms with van der Waals surface area (Å²) in [5.41, 5.74) is 0.358. The van der Waals surface area contributed by atoms with Crippen LogP contribution in [-0.2, 0) is 0 Å². The molecule has 5 nitrogen and oxygen atoms in total. The molecule has 22 heavy (non-hydrogen) atoms. The molecule has 1 aliphatic heterocycles. The molecule has 1 aromatic carbocycles. The van der Waals surface area contributed by atoms with Crippen LogP contribution in [0.1, 0.15) is 6.42 Å². The fraction of sp³-hybridized carbons (Fsp3) is 0.500. The first kappa shape index (κ1) is 16.4. The number of nitrogens with one attached hydrogen (secondary N) is 1. The molecular weight excluding hydrogens is 301 g/mol. The van der Waals surface area contributed by atoms with Gasteiger partial charge in [0, 0.05) is 37.4 Å². The summed E-state index contributed by atoms with van der Waals surface area (Å²) in [4.78, 5) is 13.6. The third-order valence-corrected chi connectivity index (χ3v) is 3.32. The number of urea groups is 1. The van der Waals surface area contributed by atoms with Crippen LogP contribution in [0.15, 0.2) is 24.3 Å². The van der Waals surface area contributed by atoms with Gasteiger partial charge in [-0.2, -0.15) is 13.2 Å². The Morgan fingerprint density at radius 2 is 2.23 bits per heavy atom. The molecule has 1 aromatic rings. The molecular formula is C14H17F3N2O3. The van der Waals surface area contributed by atoms with Gasteiger partial charge in [-0.15, -0.1) is 0 Å². The molecule has 0 saturated carbocycles. The SMILES string of the molecule is O=C(Nc1cccc(OCC(F)(F)F)c1)N1CCC(CO)C1. The fourth-order valence-electron chi connectivity index (χ4n) is 2.20. The molecule has 0 spiro atoms. The van der Waals surface area contributed by atoms with Crippen molar-refractivity contribution in [3.8, 4) is 5.75 Å². The zero-order valence-electron chi connectivity index (χ0n) is 11.8. The summed E-state index contributed by atoms with van der Waals surface area (Å²) in [6.07, 6.45) is -3.67. The Bertz CT molecular complexity index is 522. The van der Waals surface area contributed by atoms with Crippen molar-refractivity contribution in [2.75, 3.05) is 31.6 Å². The van der Waals surface area contributed by atoms with Gasteiger partial charge in [0.15, 0.2) is 6.61 Å². The average Bonchev–Trinajstić information content (AvgIpc) is 2.94. The summed E-state index contributed by atoms with van der Waals surface area (Å²) in [5, 5.41) is 11.7. The van der Waals surface area contributed by atoms with Crippen molar-refractivity contribution in [1.29, 1.82) is 0 Å². The van der Waals surface area contributed by atoms with Crippen LogP contribution in [0.5, 0.6) is 5.75 Å². The number of benzene rings is 1. The first-order valence-corrected chi connectivity index (χ1v) is 6.84. The number of alkyl halides is 3. The average molecular weight is 318 g/mol. The minimum Gasteiger partial charge on any atom is -0.484 e. The molecule has 1 aliphatic rings. The number of hydrogen-bond acceptors (Lipinski definition) is 3. The van der Waals surface area contributed by atoms with E-state index in [0.29, 0.717) is 18.8 Å². The molecule has 0 aliphatic carbocycles. The summed E-state index contributed by atoms with van der Waals surface area (Å²) in [6, 6.07) is 5.45. The normalized spacial score (nSPS) is 18.4. The number of aliphatic hydroxyl groups excluding tert-OH is 1. The Morgan fingerprint density at radius 3 is 2.86 bits per heavy atom. The van der Waals surface area contributed by atoms with Crippen LogP contribution in [0, 0.1) is 5.92 Å². The smallest absolute Gasteiger partial charge is 0.422 e. The highest BCUT2D eigenvalue weighted by Crippen LogP contribution is 2.22. The molecule has 1 fully saturated rings. The summed E-state index contributed by atoms with van der Waals surface area (Å²) < 4.78 is 40.9. The topological polar surface area (TPSA) is 61.8 Å². The number of nitrogens with zero attached hydrogens (tertiary/aromatic N) is 1. The van der Waals surface area contributed by atoms with E-state index < -0.39 is 12.8 Å². The van der Waals surface area contributed by atoms with E-state index in [1.54, 1.807) is 11.0 Å². The van der Waals surface area contributed by atoms with Crippen molar-refractivity contribution in [3.63, 3.8) is 0 Å². The van der Waals surface area contributed by atoms with Crippen LogP contribution in [0.25, 0.3) is 0 Å². The minimum atomic E-state index is -4.41. The van der Waals surface area contributed by atoms with E-state index in [9.17, 15) is 18.0 Å². The van der Waals surface area contributed by atoms with E-state index in [1.807, 2.05) is 0 Å². The monoisotopic (exact) mass is 318 g/mol. The molecule has 1 heterocycles. The summed E-state index contributed by atoms with van der Waals surface area (Å²) in [6.45, 7) is -0.340. The van der Waals surface area contributed by atoms with Crippen LogP contribution < -0.4 is 10.1 Å². The van der Waals surface area contributed by atoms with Gasteiger partial charge in [-0.25, -0.2) is 4.79 Å².